The van der Waals surface area contributed by atoms with Crippen LogP contribution < -0.4 is 15.2 Å². The number of nitrogens with zero attached hydrogens (tertiary/aromatic N) is 5. The molecule has 1 amide bonds. The summed E-state index contributed by atoms with van der Waals surface area (Å²) in [5.41, 5.74) is 5.42. The molecule has 7 rings (SSSR count). The van der Waals surface area contributed by atoms with Crippen molar-refractivity contribution in [3.8, 4) is 29.1 Å². The normalized spacial score (nSPS) is 24.2. The molecule has 4 aromatic rings. The van der Waals surface area contributed by atoms with Crippen LogP contribution in [-0.2, 0) is 4.79 Å². The van der Waals surface area contributed by atoms with E-state index < -0.39 is 29.4 Å². The Balaban J connectivity index is 1.36. The second kappa shape index (κ2) is 11.8. The van der Waals surface area contributed by atoms with Gasteiger partial charge < -0.3 is 20.1 Å². The Hall–Kier alpha value is -4.12. The molecule has 3 aliphatic heterocycles. The predicted octanol–water partition coefficient (Wildman–Crippen LogP) is 6.41. The number of thiophene rings is 1. The van der Waals surface area contributed by atoms with E-state index in [1.165, 1.54) is 24.3 Å². The molecule has 3 saturated heterocycles. The fourth-order valence-electron chi connectivity index (χ4n) is 7.35. The SMILES string of the molecule is C=CC(=O)N1CC[C@@H](Oc2nc(OC[C@@]34CCCN3C[C@H](F)C4)nc3c(F)c(-c4ccc(F)c5sc(N)c(C#N)c45)c(Cl)cc23)[C@H]1C. The highest BCUT2D eigenvalue weighted by Crippen LogP contribution is 2.46. The highest BCUT2D eigenvalue weighted by molar-refractivity contribution is 7.23. The van der Waals surface area contributed by atoms with Crippen molar-refractivity contribution in [2.45, 2.75) is 56.5 Å². The number of likely N-dealkylation sites (tertiary alicyclic amines) is 1. The Labute approximate surface area is 277 Å². The monoisotopic (exact) mass is 682 g/mol. The van der Waals surface area contributed by atoms with Crippen molar-refractivity contribution in [2.75, 3.05) is 32.0 Å². The number of amides is 1. The van der Waals surface area contributed by atoms with Gasteiger partial charge in [-0.1, -0.05) is 24.2 Å². The highest BCUT2D eigenvalue weighted by atomic mass is 35.5. The number of anilines is 1. The van der Waals surface area contributed by atoms with Crippen LogP contribution in [0.2, 0.25) is 5.02 Å². The van der Waals surface area contributed by atoms with E-state index in [9.17, 15) is 18.8 Å². The van der Waals surface area contributed by atoms with E-state index in [0.29, 0.717) is 25.9 Å². The summed E-state index contributed by atoms with van der Waals surface area (Å²) >= 11 is 7.65. The number of alkyl halides is 1. The maximum atomic E-state index is 16.8. The summed E-state index contributed by atoms with van der Waals surface area (Å²) < 4.78 is 58.7. The van der Waals surface area contributed by atoms with Gasteiger partial charge in [0.25, 0.3) is 0 Å². The number of nitriles is 1. The van der Waals surface area contributed by atoms with Crippen molar-refractivity contribution in [3.63, 3.8) is 0 Å². The number of benzene rings is 2. The van der Waals surface area contributed by atoms with Crippen LogP contribution >= 0.6 is 22.9 Å². The first-order valence-electron chi connectivity index (χ1n) is 15.3. The van der Waals surface area contributed by atoms with Gasteiger partial charge in [-0.3, -0.25) is 9.69 Å². The molecular weight excluding hydrogens is 653 g/mol. The molecule has 3 fully saturated rings. The molecule has 4 atom stereocenters. The quantitative estimate of drug-likeness (QED) is 0.223. The van der Waals surface area contributed by atoms with Crippen molar-refractivity contribution in [2.24, 2.45) is 0 Å². The topological polar surface area (TPSA) is 118 Å². The van der Waals surface area contributed by atoms with Gasteiger partial charge >= 0.3 is 6.01 Å². The van der Waals surface area contributed by atoms with Crippen LogP contribution in [0.4, 0.5) is 18.2 Å². The van der Waals surface area contributed by atoms with Gasteiger partial charge in [-0.25, -0.2) is 13.2 Å². The van der Waals surface area contributed by atoms with Crippen molar-refractivity contribution < 1.29 is 27.4 Å². The summed E-state index contributed by atoms with van der Waals surface area (Å²) in [6.07, 6.45) is 2.22. The number of nitrogens with two attached hydrogens (primary N) is 1. The Morgan fingerprint density at radius 2 is 2.15 bits per heavy atom. The smallest absolute Gasteiger partial charge is 0.320 e. The second-order valence-electron chi connectivity index (χ2n) is 12.3. The molecule has 0 aliphatic carbocycles. The first-order valence-corrected chi connectivity index (χ1v) is 16.5. The Bertz CT molecular complexity index is 2000. The number of carbonyl (C=O) groups is 1. The van der Waals surface area contributed by atoms with Crippen molar-refractivity contribution in [1.29, 1.82) is 5.26 Å². The molecule has 5 heterocycles. The van der Waals surface area contributed by atoms with Gasteiger partial charge in [-0.2, -0.15) is 15.2 Å². The van der Waals surface area contributed by atoms with Crippen LogP contribution in [0.5, 0.6) is 11.9 Å². The van der Waals surface area contributed by atoms with E-state index in [2.05, 4.69) is 21.4 Å². The average molecular weight is 683 g/mol. The van der Waals surface area contributed by atoms with Crippen LogP contribution in [0.25, 0.3) is 32.1 Å². The highest BCUT2D eigenvalue weighted by Gasteiger charge is 2.49. The summed E-state index contributed by atoms with van der Waals surface area (Å²) in [7, 11) is 0. The number of carbonyl (C=O) groups excluding carboxylic acids is 1. The molecule has 2 N–H and O–H groups in total. The predicted molar refractivity (Wildman–Crippen MR) is 173 cm³/mol. The lowest BCUT2D eigenvalue weighted by atomic mass is 9.95. The minimum absolute atomic E-state index is 0.000542. The summed E-state index contributed by atoms with van der Waals surface area (Å²) in [5.74, 6) is -1.71. The molecule has 2 aromatic carbocycles. The summed E-state index contributed by atoms with van der Waals surface area (Å²) in [4.78, 5) is 25.1. The molecule has 14 heteroatoms. The number of nitrogen functional groups attached to an aromatic ring is 1. The van der Waals surface area contributed by atoms with Crippen LogP contribution in [0.1, 0.15) is 38.2 Å². The van der Waals surface area contributed by atoms with Gasteiger partial charge in [0.2, 0.25) is 11.8 Å². The fourth-order valence-corrected chi connectivity index (χ4v) is 8.59. The van der Waals surface area contributed by atoms with E-state index in [1.807, 2.05) is 13.0 Å². The summed E-state index contributed by atoms with van der Waals surface area (Å²) in [6.45, 7) is 7.03. The standard InChI is InChI=1S/C33H30ClF3N6O3S/c1-3-24(44)43-10-7-23(16(43)2)46-31-19-11-21(34)26(18-5-6-22(36)29-25(18)20(13-38)30(39)47-29)27(37)28(19)40-32(41-31)45-15-33-8-4-9-42(33)14-17(35)12-33/h3,5-6,11,16-17,23H,1,4,7-10,12,14-15,39H2,2H3/t16-,17-,23-,33+/m1/s1. The molecule has 244 valence electrons. The largest absolute Gasteiger partial charge is 0.471 e. The van der Waals surface area contributed by atoms with Gasteiger partial charge in [0.15, 0.2) is 5.82 Å². The lowest BCUT2D eigenvalue weighted by Gasteiger charge is -2.31. The number of aromatic nitrogens is 2. The van der Waals surface area contributed by atoms with Crippen LogP contribution in [0, 0.1) is 23.0 Å². The molecule has 0 saturated carbocycles. The number of rotatable bonds is 7. The first-order chi connectivity index (χ1) is 22.5. The van der Waals surface area contributed by atoms with E-state index >= 15 is 4.39 Å². The van der Waals surface area contributed by atoms with Crippen LogP contribution in [-0.4, -0.2) is 75.8 Å². The van der Waals surface area contributed by atoms with Crippen LogP contribution in [0.3, 0.4) is 0 Å². The molecule has 2 aromatic heterocycles. The number of ether oxygens (including phenoxy) is 2. The van der Waals surface area contributed by atoms with Gasteiger partial charge in [0, 0.05) is 36.9 Å². The van der Waals surface area contributed by atoms with Crippen molar-refractivity contribution >= 4 is 54.8 Å². The molecule has 0 bridgehead atoms. The van der Waals surface area contributed by atoms with Crippen molar-refractivity contribution in [1.82, 2.24) is 19.8 Å². The van der Waals surface area contributed by atoms with E-state index in [0.717, 1.165) is 30.7 Å². The number of halogens is 4. The van der Waals surface area contributed by atoms with E-state index in [4.69, 9.17) is 26.8 Å². The third kappa shape index (κ3) is 5.14. The van der Waals surface area contributed by atoms with Gasteiger partial charge in [0.05, 0.1) is 32.3 Å². The Morgan fingerprint density at radius 1 is 1.34 bits per heavy atom. The van der Waals surface area contributed by atoms with Gasteiger partial charge in [0.1, 0.15) is 41.3 Å². The maximum Gasteiger partial charge on any atom is 0.320 e. The third-order valence-corrected chi connectivity index (χ3v) is 11.0. The molecular formula is C33H30ClF3N6O3S. The lowest BCUT2D eigenvalue weighted by molar-refractivity contribution is -0.127. The van der Waals surface area contributed by atoms with Crippen LogP contribution in [0.15, 0.2) is 30.9 Å². The molecule has 0 spiro atoms. The summed E-state index contributed by atoms with van der Waals surface area (Å²) in [6, 6.07) is 5.46. The Morgan fingerprint density at radius 3 is 2.91 bits per heavy atom. The number of hydrogen-bond donors (Lipinski definition) is 1. The minimum Gasteiger partial charge on any atom is -0.471 e. The van der Waals surface area contributed by atoms with Gasteiger partial charge in [-0.05, 0) is 50.1 Å². The zero-order valence-corrected chi connectivity index (χ0v) is 26.9. The average Bonchev–Trinajstić information content (AvgIpc) is 3.78. The number of hydrogen-bond acceptors (Lipinski definition) is 9. The Kier molecular flexibility index (Phi) is 7.93. The summed E-state index contributed by atoms with van der Waals surface area (Å²) in [5, 5.41) is 10.2. The zero-order valence-electron chi connectivity index (χ0n) is 25.4. The molecule has 0 radical (unpaired) electrons. The number of fused-ring (bicyclic) bond motifs is 3. The maximum absolute atomic E-state index is 16.8. The second-order valence-corrected chi connectivity index (χ2v) is 13.8. The molecule has 3 aliphatic rings. The lowest BCUT2D eigenvalue weighted by Crippen LogP contribution is -2.43. The van der Waals surface area contributed by atoms with E-state index in [-0.39, 0.29) is 78.1 Å². The molecule has 47 heavy (non-hydrogen) atoms. The molecule has 0 unspecified atom stereocenters. The first kappa shape index (κ1) is 31.5. The van der Waals surface area contributed by atoms with Gasteiger partial charge in [-0.15, -0.1) is 11.3 Å². The third-order valence-electron chi connectivity index (χ3n) is 9.66. The van der Waals surface area contributed by atoms with E-state index in [1.54, 1.807) is 4.90 Å². The fraction of sp³-hybridized carbons (Fsp3) is 0.394. The minimum atomic E-state index is -0.973. The molecule has 9 nitrogen and oxygen atoms in total. The zero-order chi connectivity index (χ0) is 33.2. The van der Waals surface area contributed by atoms with Crippen molar-refractivity contribution in [3.05, 3.63) is 53.1 Å².